The van der Waals surface area contributed by atoms with Crippen LogP contribution >= 0.6 is 11.6 Å². The molecule has 0 saturated carbocycles. The van der Waals surface area contributed by atoms with Gasteiger partial charge in [-0.3, -0.25) is 9.59 Å². The van der Waals surface area contributed by atoms with Crippen LogP contribution in [-0.2, 0) is 22.6 Å². The Morgan fingerprint density at radius 3 is 2.68 bits per heavy atom. The molecule has 0 spiro atoms. The van der Waals surface area contributed by atoms with Gasteiger partial charge in [0.05, 0.1) is 31.7 Å². The number of methoxy groups -OCH3 is 2. The molecule has 0 aliphatic carbocycles. The first-order valence-corrected chi connectivity index (χ1v) is 14.1. The number of esters is 1. The molecule has 4 rings (SSSR count). The summed E-state index contributed by atoms with van der Waals surface area (Å²) in [5.74, 6) is 1.01. The molecule has 2 atom stereocenters. The lowest BCUT2D eigenvalue weighted by molar-refractivity contribution is -0.146. The molecule has 1 aliphatic heterocycles. The van der Waals surface area contributed by atoms with E-state index in [-0.39, 0.29) is 35.9 Å². The van der Waals surface area contributed by atoms with Crippen molar-refractivity contribution in [2.45, 2.75) is 58.2 Å². The second kappa shape index (κ2) is 14.6. The van der Waals surface area contributed by atoms with Crippen molar-refractivity contribution in [3.8, 4) is 5.75 Å². The third-order valence-corrected chi connectivity index (χ3v) is 7.41. The maximum Gasteiger partial charge on any atom is 0.310 e. The van der Waals surface area contributed by atoms with Gasteiger partial charge in [-0.2, -0.15) is 4.98 Å². The van der Waals surface area contributed by atoms with Gasteiger partial charge < -0.3 is 25.0 Å². The lowest BCUT2D eigenvalue weighted by Crippen LogP contribution is -2.41. The van der Waals surface area contributed by atoms with Crippen LogP contribution in [0, 0.1) is 5.92 Å². The molecule has 1 amide bonds. The number of ether oxygens (including phenoxy) is 2. The van der Waals surface area contributed by atoms with E-state index in [1.807, 2.05) is 6.07 Å². The largest absolute Gasteiger partial charge is 0.495 e. The average molecular weight is 582 g/mol. The molecule has 11 nitrogen and oxygen atoms in total. The summed E-state index contributed by atoms with van der Waals surface area (Å²) in [4.78, 5) is 45.7. The van der Waals surface area contributed by atoms with Gasteiger partial charge in [0.25, 0.3) is 5.91 Å². The van der Waals surface area contributed by atoms with Crippen LogP contribution in [0.15, 0.2) is 42.9 Å². The van der Waals surface area contributed by atoms with E-state index in [1.54, 1.807) is 37.7 Å². The van der Waals surface area contributed by atoms with Crippen LogP contribution in [-0.4, -0.2) is 58.6 Å². The van der Waals surface area contributed by atoms with Gasteiger partial charge >= 0.3 is 5.97 Å². The maximum absolute atomic E-state index is 13.2. The highest BCUT2D eigenvalue weighted by molar-refractivity contribution is 6.32. The van der Waals surface area contributed by atoms with Crippen LogP contribution in [0.1, 0.15) is 60.8 Å². The molecule has 3 aromatic rings. The first kappa shape index (κ1) is 30.0. The van der Waals surface area contributed by atoms with E-state index in [1.165, 1.54) is 13.3 Å². The van der Waals surface area contributed by atoms with Crippen molar-refractivity contribution in [2.24, 2.45) is 5.92 Å². The minimum absolute atomic E-state index is 0.0860. The van der Waals surface area contributed by atoms with E-state index in [0.717, 1.165) is 37.7 Å². The number of hydrogen-bond donors (Lipinski definition) is 2. The summed E-state index contributed by atoms with van der Waals surface area (Å²) in [7, 11) is 2.99. The van der Waals surface area contributed by atoms with E-state index in [9.17, 15) is 9.59 Å². The fourth-order valence-corrected chi connectivity index (χ4v) is 5.28. The van der Waals surface area contributed by atoms with Crippen molar-refractivity contribution in [1.29, 1.82) is 0 Å². The number of benzene rings is 1. The van der Waals surface area contributed by atoms with Gasteiger partial charge in [0, 0.05) is 37.7 Å². The highest BCUT2D eigenvalue weighted by Crippen LogP contribution is 2.32. The standard InChI is InChI=1S/C29H36ClN7O4/c1-4-5-8-20(28(39)41-3)23-9-6-14-37(23)29-35-17-21(27(38)34-18-25-31-12-7-13-32-25)26(36-29)33-16-19-10-11-24(40-2)22(30)15-19/h7,10-13,15,17,20,23H,4-6,8-9,14,16,18H2,1-3H3,(H,34,38)(H,33,35,36). The van der Waals surface area contributed by atoms with Gasteiger partial charge in [0.1, 0.15) is 23.0 Å². The van der Waals surface area contributed by atoms with Crippen molar-refractivity contribution in [3.05, 3.63) is 64.8 Å². The number of amides is 1. The molecule has 1 fully saturated rings. The summed E-state index contributed by atoms with van der Waals surface area (Å²) in [5.41, 5.74) is 1.15. The minimum atomic E-state index is -0.368. The normalized spacial score (nSPS) is 15.3. The second-order valence-corrected chi connectivity index (χ2v) is 10.2. The van der Waals surface area contributed by atoms with Gasteiger partial charge in [0.15, 0.2) is 0 Å². The molecule has 2 unspecified atom stereocenters. The molecule has 12 heteroatoms. The Balaban J connectivity index is 1.61. The first-order chi connectivity index (χ1) is 19.9. The van der Waals surface area contributed by atoms with Crippen LogP contribution in [0.2, 0.25) is 5.02 Å². The molecule has 1 saturated heterocycles. The Morgan fingerprint density at radius 1 is 1.17 bits per heavy atom. The Bertz CT molecular complexity index is 1330. The predicted molar refractivity (Wildman–Crippen MR) is 156 cm³/mol. The Labute approximate surface area is 245 Å². The molecule has 218 valence electrons. The molecule has 1 aliphatic rings. The van der Waals surface area contributed by atoms with Gasteiger partial charge in [-0.05, 0) is 43.0 Å². The van der Waals surface area contributed by atoms with E-state index in [2.05, 4.69) is 37.4 Å². The molecule has 41 heavy (non-hydrogen) atoms. The van der Waals surface area contributed by atoms with E-state index in [4.69, 9.17) is 26.1 Å². The highest BCUT2D eigenvalue weighted by Gasteiger charge is 2.38. The SMILES string of the molecule is CCCCC(C(=O)OC)C1CCCN1c1ncc(C(=O)NCc2ncccn2)c(NCc2ccc(OC)c(Cl)c2)n1. The smallest absolute Gasteiger partial charge is 0.310 e. The monoisotopic (exact) mass is 581 g/mol. The van der Waals surface area contributed by atoms with Gasteiger partial charge in [-0.25, -0.2) is 15.0 Å². The molecular formula is C29H36ClN7O4. The lowest BCUT2D eigenvalue weighted by Gasteiger charge is -2.30. The summed E-state index contributed by atoms with van der Waals surface area (Å²) < 4.78 is 10.4. The number of anilines is 2. The van der Waals surface area contributed by atoms with Crippen molar-refractivity contribution in [1.82, 2.24) is 25.3 Å². The number of halogens is 1. The lowest BCUT2D eigenvalue weighted by atomic mass is 9.92. The average Bonchev–Trinajstić information content (AvgIpc) is 3.49. The topological polar surface area (TPSA) is 131 Å². The minimum Gasteiger partial charge on any atom is -0.495 e. The number of unbranched alkanes of at least 4 members (excludes halogenated alkanes) is 1. The summed E-state index contributed by atoms with van der Waals surface area (Å²) >= 11 is 6.32. The van der Waals surface area contributed by atoms with Crippen LogP contribution in [0.5, 0.6) is 5.75 Å². The van der Waals surface area contributed by atoms with E-state index < -0.39 is 0 Å². The Morgan fingerprint density at radius 2 is 1.98 bits per heavy atom. The summed E-state index contributed by atoms with van der Waals surface area (Å²) in [6.07, 6.45) is 9.13. The number of carbonyl (C=O) groups excluding carboxylic acids is 2. The van der Waals surface area contributed by atoms with Gasteiger partial charge in [-0.15, -0.1) is 0 Å². The Hall–Kier alpha value is -3.99. The zero-order valence-electron chi connectivity index (χ0n) is 23.6. The van der Waals surface area contributed by atoms with Crippen LogP contribution < -0.4 is 20.3 Å². The first-order valence-electron chi connectivity index (χ1n) is 13.8. The Kier molecular flexibility index (Phi) is 10.7. The van der Waals surface area contributed by atoms with Crippen LogP contribution in [0.4, 0.5) is 11.8 Å². The number of nitrogens with one attached hydrogen (secondary N) is 2. The number of hydrogen-bond acceptors (Lipinski definition) is 10. The third kappa shape index (κ3) is 7.60. The molecular weight excluding hydrogens is 546 g/mol. The number of rotatable bonds is 13. The van der Waals surface area contributed by atoms with Crippen molar-refractivity contribution < 1.29 is 19.1 Å². The number of aromatic nitrogens is 4. The molecule has 3 heterocycles. The maximum atomic E-state index is 13.2. The third-order valence-electron chi connectivity index (χ3n) is 7.12. The quantitative estimate of drug-likeness (QED) is 0.280. The molecule has 0 radical (unpaired) electrons. The van der Waals surface area contributed by atoms with E-state index >= 15 is 0 Å². The molecule has 0 bridgehead atoms. The second-order valence-electron chi connectivity index (χ2n) is 9.78. The zero-order valence-corrected chi connectivity index (χ0v) is 24.4. The molecule has 2 N–H and O–H groups in total. The van der Waals surface area contributed by atoms with Gasteiger partial charge in [0.2, 0.25) is 5.95 Å². The summed E-state index contributed by atoms with van der Waals surface area (Å²) in [6, 6.07) is 7.10. The number of carbonyl (C=O) groups is 2. The predicted octanol–water partition coefficient (Wildman–Crippen LogP) is 4.42. The van der Waals surface area contributed by atoms with Crippen molar-refractivity contribution in [2.75, 3.05) is 31.0 Å². The van der Waals surface area contributed by atoms with Crippen molar-refractivity contribution >= 4 is 35.2 Å². The van der Waals surface area contributed by atoms with E-state index in [0.29, 0.717) is 41.5 Å². The van der Waals surface area contributed by atoms with Crippen LogP contribution in [0.25, 0.3) is 0 Å². The fourth-order valence-electron chi connectivity index (χ4n) is 5.00. The zero-order chi connectivity index (χ0) is 29.2. The summed E-state index contributed by atoms with van der Waals surface area (Å²) in [5, 5.41) is 6.62. The molecule has 1 aromatic carbocycles. The summed E-state index contributed by atoms with van der Waals surface area (Å²) in [6.45, 7) is 3.31. The fraction of sp³-hybridized carbons (Fsp3) is 0.448. The molecule has 2 aromatic heterocycles. The van der Waals surface area contributed by atoms with Crippen molar-refractivity contribution in [3.63, 3.8) is 0 Å². The number of nitrogens with zero attached hydrogens (tertiary/aromatic N) is 5. The van der Waals surface area contributed by atoms with Gasteiger partial charge in [-0.1, -0.05) is 37.4 Å². The highest BCUT2D eigenvalue weighted by atomic mass is 35.5. The van der Waals surface area contributed by atoms with Crippen LogP contribution in [0.3, 0.4) is 0 Å².